The maximum Gasteiger partial charge on any atom is 0.160 e. The molecule has 0 aromatic carbocycles. The highest BCUT2D eigenvalue weighted by molar-refractivity contribution is 7.24. The molecule has 0 unspecified atom stereocenters. The Morgan fingerprint density at radius 1 is 1.19 bits per heavy atom. The Hall–Kier alpha value is -1.57. The summed E-state index contributed by atoms with van der Waals surface area (Å²) in [4.78, 5) is 18.4. The third-order valence-electron chi connectivity index (χ3n) is 3.39. The van der Waals surface area contributed by atoms with E-state index in [0.29, 0.717) is 0 Å². The molecule has 108 valence electrons. The zero-order valence-corrected chi connectivity index (χ0v) is 13.2. The highest BCUT2D eigenvalue weighted by Gasteiger charge is 2.20. The fraction of sp³-hybridized carbons (Fsp3) is 0.357. The first kappa shape index (κ1) is 13.1. The highest BCUT2D eigenvalue weighted by atomic mass is 32.1. The Morgan fingerprint density at radius 3 is 2.81 bits per heavy atom. The minimum absolute atomic E-state index is 0.743. The molecule has 1 aliphatic heterocycles. The molecule has 21 heavy (non-hydrogen) atoms. The predicted molar refractivity (Wildman–Crippen MR) is 86.3 cm³/mol. The predicted octanol–water partition coefficient (Wildman–Crippen LogP) is 2.96. The summed E-state index contributed by atoms with van der Waals surface area (Å²) in [5, 5.41) is 3.09. The number of nitrogens with zero attached hydrogens (tertiary/aromatic N) is 4. The molecule has 0 amide bonds. The molecule has 0 aliphatic carbocycles. The highest BCUT2D eigenvalue weighted by Crippen LogP contribution is 2.35. The van der Waals surface area contributed by atoms with Crippen LogP contribution in [0.25, 0.3) is 20.2 Å². The second-order valence-corrected chi connectivity index (χ2v) is 6.77. The van der Waals surface area contributed by atoms with Crippen molar-refractivity contribution in [1.29, 1.82) is 0 Å². The van der Waals surface area contributed by atoms with E-state index < -0.39 is 0 Å². The number of thiazole rings is 1. The van der Waals surface area contributed by atoms with Gasteiger partial charge in [0.05, 0.1) is 18.1 Å². The Kier molecular flexibility index (Phi) is 3.33. The van der Waals surface area contributed by atoms with Gasteiger partial charge in [0.1, 0.15) is 21.2 Å². The summed E-state index contributed by atoms with van der Waals surface area (Å²) in [6.07, 6.45) is 0. The molecule has 0 radical (unpaired) electrons. The van der Waals surface area contributed by atoms with Crippen molar-refractivity contribution in [3.05, 3.63) is 23.3 Å². The molecule has 0 spiro atoms. The van der Waals surface area contributed by atoms with Crippen molar-refractivity contribution in [1.82, 2.24) is 15.0 Å². The number of anilines is 1. The number of ether oxygens (including phenoxy) is 1. The molecule has 1 fully saturated rings. The van der Waals surface area contributed by atoms with E-state index in [9.17, 15) is 0 Å². The average Bonchev–Trinajstić information content (AvgIpc) is 3.16. The van der Waals surface area contributed by atoms with E-state index in [-0.39, 0.29) is 0 Å². The lowest BCUT2D eigenvalue weighted by Gasteiger charge is -2.27. The normalized spacial score (nSPS) is 15.8. The van der Waals surface area contributed by atoms with Gasteiger partial charge in [0, 0.05) is 13.1 Å². The van der Waals surface area contributed by atoms with Gasteiger partial charge in [-0.1, -0.05) is 17.4 Å². The van der Waals surface area contributed by atoms with Crippen molar-refractivity contribution in [2.75, 3.05) is 31.2 Å². The Balaban J connectivity index is 1.85. The molecule has 3 aromatic heterocycles. The lowest BCUT2D eigenvalue weighted by atomic mass is 10.3. The van der Waals surface area contributed by atoms with Crippen LogP contribution in [0.5, 0.6) is 0 Å². The van der Waals surface area contributed by atoms with E-state index in [4.69, 9.17) is 9.72 Å². The number of hydrogen-bond acceptors (Lipinski definition) is 7. The summed E-state index contributed by atoms with van der Waals surface area (Å²) >= 11 is 3.34. The van der Waals surface area contributed by atoms with E-state index in [1.165, 1.54) is 4.88 Å². The van der Waals surface area contributed by atoms with Gasteiger partial charge in [0.25, 0.3) is 0 Å². The molecule has 1 aliphatic rings. The van der Waals surface area contributed by atoms with Gasteiger partial charge in [-0.2, -0.15) is 0 Å². The van der Waals surface area contributed by atoms with Crippen LogP contribution >= 0.6 is 22.7 Å². The molecule has 0 bridgehead atoms. The zero-order valence-electron chi connectivity index (χ0n) is 11.6. The summed E-state index contributed by atoms with van der Waals surface area (Å²) < 4.78 is 5.43. The SMILES string of the molecule is Cc1nc(N2CCOCC2)c2nc(-c3cccs3)sc2n1. The monoisotopic (exact) mass is 318 g/mol. The van der Waals surface area contributed by atoms with Crippen molar-refractivity contribution in [3.63, 3.8) is 0 Å². The number of thiophene rings is 1. The van der Waals surface area contributed by atoms with Crippen molar-refractivity contribution in [2.45, 2.75) is 6.92 Å². The maximum atomic E-state index is 5.43. The van der Waals surface area contributed by atoms with Crippen LogP contribution in [0.2, 0.25) is 0 Å². The first-order valence-electron chi connectivity index (χ1n) is 6.83. The summed E-state index contributed by atoms with van der Waals surface area (Å²) in [5.74, 6) is 1.74. The van der Waals surface area contributed by atoms with E-state index in [1.54, 1.807) is 22.7 Å². The van der Waals surface area contributed by atoms with Crippen LogP contribution in [0, 0.1) is 6.92 Å². The fourth-order valence-electron chi connectivity index (χ4n) is 2.41. The summed E-state index contributed by atoms with van der Waals surface area (Å²) in [5.41, 5.74) is 0.913. The summed E-state index contributed by atoms with van der Waals surface area (Å²) in [6, 6.07) is 4.14. The van der Waals surface area contributed by atoms with Crippen molar-refractivity contribution >= 4 is 38.8 Å². The molecule has 4 heterocycles. The topological polar surface area (TPSA) is 51.1 Å². The van der Waals surface area contributed by atoms with E-state index in [2.05, 4.69) is 26.3 Å². The van der Waals surface area contributed by atoms with Gasteiger partial charge in [-0.05, 0) is 18.4 Å². The van der Waals surface area contributed by atoms with Crippen molar-refractivity contribution in [3.8, 4) is 9.88 Å². The van der Waals surface area contributed by atoms with E-state index >= 15 is 0 Å². The molecular formula is C14H14N4OS2. The van der Waals surface area contributed by atoms with Gasteiger partial charge in [-0.15, -0.1) is 11.3 Å². The molecular weight excluding hydrogens is 304 g/mol. The minimum atomic E-state index is 0.743. The largest absolute Gasteiger partial charge is 0.378 e. The maximum absolute atomic E-state index is 5.43. The summed E-state index contributed by atoms with van der Waals surface area (Å²) in [7, 11) is 0. The second kappa shape index (κ2) is 5.32. The number of hydrogen-bond donors (Lipinski definition) is 0. The number of morpholine rings is 1. The molecule has 7 heteroatoms. The number of aromatic nitrogens is 3. The Morgan fingerprint density at radius 2 is 2.05 bits per heavy atom. The van der Waals surface area contributed by atoms with Gasteiger partial charge in [-0.25, -0.2) is 15.0 Å². The van der Waals surface area contributed by atoms with Crippen LogP contribution in [0.4, 0.5) is 5.82 Å². The average molecular weight is 318 g/mol. The minimum Gasteiger partial charge on any atom is -0.378 e. The van der Waals surface area contributed by atoms with Gasteiger partial charge in [0.2, 0.25) is 0 Å². The molecule has 5 nitrogen and oxygen atoms in total. The molecule has 0 saturated carbocycles. The molecule has 3 aromatic rings. The van der Waals surface area contributed by atoms with Crippen LogP contribution in [-0.2, 0) is 4.74 Å². The number of fused-ring (bicyclic) bond motifs is 1. The lowest BCUT2D eigenvalue weighted by molar-refractivity contribution is 0.122. The van der Waals surface area contributed by atoms with Crippen LogP contribution in [-0.4, -0.2) is 41.3 Å². The smallest absolute Gasteiger partial charge is 0.160 e. The van der Waals surface area contributed by atoms with Gasteiger partial charge in [0.15, 0.2) is 5.82 Å². The number of aryl methyl sites for hydroxylation is 1. The van der Waals surface area contributed by atoms with Crippen molar-refractivity contribution < 1.29 is 4.74 Å². The van der Waals surface area contributed by atoms with Crippen LogP contribution in [0.15, 0.2) is 17.5 Å². The number of rotatable bonds is 2. The zero-order chi connectivity index (χ0) is 14.2. The molecule has 4 rings (SSSR count). The van der Waals surface area contributed by atoms with E-state index in [0.717, 1.165) is 53.3 Å². The third kappa shape index (κ3) is 2.41. The first-order valence-corrected chi connectivity index (χ1v) is 8.52. The Bertz CT molecular complexity index is 763. The second-order valence-electron chi connectivity index (χ2n) is 4.84. The van der Waals surface area contributed by atoms with Crippen LogP contribution in [0.1, 0.15) is 5.82 Å². The van der Waals surface area contributed by atoms with Crippen LogP contribution < -0.4 is 4.90 Å². The molecule has 1 saturated heterocycles. The lowest BCUT2D eigenvalue weighted by Crippen LogP contribution is -2.37. The standard InChI is InChI=1S/C14H14N4OS2/c1-9-15-12(18-4-6-19-7-5-18)11-14(16-9)21-13(17-11)10-3-2-8-20-10/h2-3,8H,4-7H2,1H3. The van der Waals surface area contributed by atoms with Gasteiger partial charge in [-0.3, -0.25) is 0 Å². The summed E-state index contributed by atoms with van der Waals surface area (Å²) in [6.45, 7) is 5.14. The first-order chi connectivity index (χ1) is 10.3. The fourth-order valence-corrected chi connectivity index (χ4v) is 4.19. The van der Waals surface area contributed by atoms with Gasteiger partial charge >= 0.3 is 0 Å². The van der Waals surface area contributed by atoms with Crippen molar-refractivity contribution in [2.24, 2.45) is 0 Å². The van der Waals surface area contributed by atoms with Crippen LogP contribution in [0.3, 0.4) is 0 Å². The third-order valence-corrected chi connectivity index (χ3v) is 5.38. The van der Waals surface area contributed by atoms with E-state index in [1.807, 2.05) is 13.0 Å². The van der Waals surface area contributed by atoms with Gasteiger partial charge < -0.3 is 9.64 Å². The molecule has 0 N–H and O–H groups in total. The Labute approximate surface area is 130 Å². The quantitative estimate of drug-likeness (QED) is 0.727. The molecule has 0 atom stereocenters.